The van der Waals surface area contributed by atoms with Gasteiger partial charge in [0, 0.05) is 38.2 Å². The molecule has 2 aromatic heterocycles. The fourth-order valence-electron chi connectivity index (χ4n) is 3.81. The molecule has 0 saturated carbocycles. The molecule has 4 aromatic rings. The number of anilines is 1. The van der Waals surface area contributed by atoms with Gasteiger partial charge in [0.25, 0.3) is 0 Å². The van der Waals surface area contributed by atoms with Gasteiger partial charge in [0.2, 0.25) is 0 Å². The molecule has 0 bridgehead atoms. The van der Waals surface area contributed by atoms with E-state index in [9.17, 15) is 4.39 Å². The van der Waals surface area contributed by atoms with Crippen LogP contribution in [0, 0.1) is 9.39 Å². The lowest BCUT2D eigenvalue weighted by molar-refractivity contribution is 0.623. The van der Waals surface area contributed by atoms with Crippen LogP contribution in [0.2, 0.25) is 0 Å². The van der Waals surface area contributed by atoms with Crippen LogP contribution >= 0.6 is 20.7 Å². The number of hydrogen-bond donors (Lipinski definition) is 2. The number of nitrogens with zero attached hydrogens (tertiary/aromatic N) is 2. The number of para-hydroxylation sites is 1. The molecule has 0 amide bonds. The standard InChI is InChI=1S/C21H16FIN4/c1-23-14-9-12(8-13(22)10-14)20-17-11-27(24)21-19(17)16(6-7-25-21)15-4-2-3-5-18(15)26-20/h2-11,20,26H,1,24H2. The fourth-order valence-corrected chi connectivity index (χ4v) is 4.91. The van der Waals surface area contributed by atoms with Gasteiger partial charge in [0.1, 0.15) is 5.82 Å². The number of nitrogens with one attached hydrogen (secondary N) is 1. The molecule has 6 heteroatoms. The maximum Gasteiger partial charge on any atom is 0.159 e. The molecule has 0 radical (unpaired) electrons. The van der Waals surface area contributed by atoms with Crippen molar-refractivity contribution in [3.8, 4) is 11.1 Å². The number of benzene rings is 2. The van der Waals surface area contributed by atoms with Crippen LogP contribution in [0.4, 0.5) is 10.1 Å². The summed E-state index contributed by atoms with van der Waals surface area (Å²) in [6, 6.07) is 15.1. The zero-order chi connectivity index (χ0) is 18.5. The molecule has 27 heavy (non-hydrogen) atoms. The van der Waals surface area contributed by atoms with Gasteiger partial charge in [0.05, 0.1) is 6.04 Å². The van der Waals surface area contributed by atoms with Gasteiger partial charge in [-0.3, -0.25) is 4.68 Å². The molecule has 2 aromatic carbocycles. The highest BCUT2D eigenvalue weighted by molar-refractivity contribution is 14.2. The van der Waals surface area contributed by atoms with E-state index in [2.05, 4.69) is 20.9 Å². The molecule has 1 aliphatic heterocycles. The van der Waals surface area contributed by atoms with Gasteiger partial charge in [-0.2, -0.15) is 0 Å². The van der Waals surface area contributed by atoms with Crippen LogP contribution in [-0.4, -0.2) is 14.2 Å². The third kappa shape index (κ3) is 2.55. The van der Waals surface area contributed by atoms with Crippen molar-refractivity contribution in [2.24, 2.45) is 0 Å². The molecule has 0 fully saturated rings. The first-order valence-electron chi connectivity index (χ1n) is 8.45. The van der Waals surface area contributed by atoms with Crippen molar-refractivity contribution in [1.82, 2.24) is 9.66 Å². The van der Waals surface area contributed by atoms with Crippen LogP contribution < -0.4 is 11.2 Å². The molecule has 1 atom stereocenters. The predicted molar refractivity (Wildman–Crippen MR) is 117 cm³/mol. The van der Waals surface area contributed by atoms with Crippen LogP contribution in [0.15, 0.2) is 60.9 Å². The number of halogens is 2. The molecule has 1 aliphatic rings. The zero-order valence-corrected chi connectivity index (χ0v) is 16.4. The SMILES string of the molecule is C=Ic1cc(F)cc(C2Nc3ccccc3-c3ccnc4c3c2cn4N)c1. The second kappa shape index (κ2) is 6.16. The summed E-state index contributed by atoms with van der Waals surface area (Å²) in [5.41, 5.74) is 5.74. The Kier molecular flexibility index (Phi) is 3.75. The number of nitrogen functional groups attached to an aromatic ring is 1. The summed E-state index contributed by atoms with van der Waals surface area (Å²) >= 11 is -0.460. The Hall–Kier alpha value is -2.74. The highest BCUT2D eigenvalue weighted by Gasteiger charge is 2.27. The van der Waals surface area contributed by atoms with E-state index in [1.165, 1.54) is 0 Å². The number of fused-ring (bicyclic) bond motifs is 2. The van der Waals surface area contributed by atoms with Crippen molar-refractivity contribution in [2.45, 2.75) is 6.04 Å². The largest absolute Gasteiger partial charge is 0.374 e. The van der Waals surface area contributed by atoms with Crippen molar-refractivity contribution in [1.29, 1.82) is 0 Å². The monoisotopic (exact) mass is 470 g/mol. The number of aromatic nitrogens is 2. The summed E-state index contributed by atoms with van der Waals surface area (Å²) in [6.45, 7) is 0. The third-order valence-electron chi connectivity index (χ3n) is 4.94. The minimum atomic E-state index is -0.460. The van der Waals surface area contributed by atoms with Crippen LogP contribution in [0.1, 0.15) is 17.2 Å². The maximum atomic E-state index is 14.3. The smallest absolute Gasteiger partial charge is 0.159 e. The lowest BCUT2D eigenvalue weighted by Crippen LogP contribution is -2.13. The van der Waals surface area contributed by atoms with Gasteiger partial charge in [-0.15, -0.1) is 0 Å². The predicted octanol–water partition coefficient (Wildman–Crippen LogP) is 4.64. The lowest BCUT2D eigenvalue weighted by atomic mass is 9.97. The first kappa shape index (κ1) is 16.4. The van der Waals surface area contributed by atoms with Crippen LogP contribution in [0.5, 0.6) is 0 Å². The van der Waals surface area contributed by atoms with Crippen LogP contribution in [0.25, 0.3) is 22.2 Å². The van der Waals surface area contributed by atoms with Crippen molar-refractivity contribution in [3.63, 3.8) is 0 Å². The quantitative estimate of drug-likeness (QED) is 0.332. The van der Waals surface area contributed by atoms with Gasteiger partial charge < -0.3 is 11.2 Å². The maximum absolute atomic E-state index is 14.3. The van der Waals surface area contributed by atoms with E-state index in [1.807, 2.05) is 36.5 Å². The zero-order valence-electron chi connectivity index (χ0n) is 14.3. The molecular weight excluding hydrogens is 454 g/mol. The summed E-state index contributed by atoms with van der Waals surface area (Å²) in [5, 5.41) is 4.60. The summed E-state index contributed by atoms with van der Waals surface area (Å²) in [4.78, 5) is 4.47. The van der Waals surface area contributed by atoms with Crippen molar-refractivity contribution >= 4 is 42.0 Å². The van der Waals surface area contributed by atoms with Gasteiger partial charge >= 0.3 is 0 Å². The average Bonchev–Trinajstić information content (AvgIpc) is 2.94. The van der Waals surface area contributed by atoms with Crippen LogP contribution in [0.3, 0.4) is 0 Å². The third-order valence-corrected chi connectivity index (χ3v) is 6.45. The average molecular weight is 470 g/mol. The Labute approximate surface area is 165 Å². The van der Waals surface area contributed by atoms with E-state index in [1.54, 1.807) is 23.0 Å². The van der Waals surface area contributed by atoms with Crippen LogP contribution in [-0.2, 0) is 0 Å². The van der Waals surface area contributed by atoms with E-state index >= 15 is 0 Å². The van der Waals surface area contributed by atoms with Crippen molar-refractivity contribution in [2.75, 3.05) is 11.2 Å². The van der Waals surface area contributed by atoms with Gasteiger partial charge in [-0.05, 0) is 41.5 Å². The Balaban J connectivity index is 1.86. The van der Waals surface area contributed by atoms with Crippen molar-refractivity contribution < 1.29 is 4.39 Å². The molecule has 3 heterocycles. The molecule has 0 spiro atoms. The number of hydrogen-bond acceptors (Lipinski definition) is 3. The minimum Gasteiger partial charge on any atom is -0.374 e. The fraction of sp³-hybridized carbons (Fsp3) is 0.0476. The van der Waals surface area contributed by atoms with E-state index in [-0.39, 0.29) is 11.9 Å². The number of nitrogens with two attached hydrogens (primary N) is 1. The second-order valence-corrected chi connectivity index (χ2v) is 8.52. The number of rotatable bonds is 2. The molecule has 134 valence electrons. The first-order valence-corrected chi connectivity index (χ1v) is 11.1. The molecule has 3 N–H and O–H groups in total. The van der Waals surface area contributed by atoms with Gasteiger partial charge in [-0.25, -0.2) is 9.37 Å². The molecule has 4 nitrogen and oxygen atoms in total. The Morgan fingerprint density at radius 2 is 2.00 bits per heavy atom. The van der Waals surface area contributed by atoms with E-state index in [4.69, 9.17) is 5.84 Å². The molecule has 0 saturated heterocycles. The Morgan fingerprint density at radius 3 is 2.85 bits per heavy atom. The highest BCUT2D eigenvalue weighted by Crippen LogP contribution is 2.44. The molecule has 0 aliphatic carbocycles. The second-order valence-electron chi connectivity index (χ2n) is 6.51. The molecule has 5 rings (SSSR count). The number of pyridine rings is 1. The minimum absolute atomic E-state index is 0.228. The Morgan fingerprint density at radius 1 is 1.15 bits per heavy atom. The molecular formula is C21H16FIN4. The topological polar surface area (TPSA) is 55.9 Å². The van der Waals surface area contributed by atoms with E-state index in [0.717, 1.165) is 36.9 Å². The van der Waals surface area contributed by atoms with E-state index < -0.39 is 20.7 Å². The first-order chi connectivity index (χ1) is 13.2. The summed E-state index contributed by atoms with van der Waals surface area (Å²) < 4.78 is 20.8. The Bertz CT molecular complexity index is 1210. The highest BCUT2D eigenvalue weighted by atomic mass is 127. The summed E-state index contributed by atoms with van der Waals surface area (Å²) in [5.74, 6) is 5.96. The van der Waals surface area contributed by atoms with Gasteiger partial charge in [-0.1, -0.05) is 43.4 Å². The summed E-state index contributed by atoms with van der Waals surface area (Å²) in [6.07, 6.45) is 3.66. The normalized spacial score (nSPS) is 15.2. The summed E-state index contributed by atoms with van der Waals surface area (Å²) in [7, 11) is 0. The lowest BCUT2D eigenvalue weighted by Gasteiger charge is -2.20. The van der Waals surface area contributed by atoms with E-state index in [0.29, 0.717) is 5.65 Å². The van der Waals surface area contributed by atoms with Crippen molar-refractivity contribution in [3.05, 3.63) is 81.4 Å². The van der Waals surface area contributed by atoms with Gasteiger partial charge in [0.15, 0.2) is 5.65 Å². The molecule has 1 unspecified atom stereocenters.